The number of allylic oxidation sites excluding steroid dienone is 1. The molecular weight excluding hydrogens is 563 g/mol. The molecule has 0 spiro atoms. The molecule has 2 heterocycles. The van der Waals surface area contributed by atoms with Crippen LogP contribution in [0.5, 0.6) is 5.75 Å². The summed E-state index contributed by atoms with van der Waals surface area (Å²) in [4.78, 5) is 25.5. The maximum Gasteiger partial charge on any atom is 0.341 e. The monoisotopic (exact) mass is 594 g/mol. The Kier molecular flexibility index (Phi) is 9.61. The van der Waals surface area contributed by atoms with Gasteiger partial charge in [-0.05, 0) is 40.8 Å². The van der Waals surface area contributed by atoms with Crippen LogP contribution in [0.2, 0.25) is 0 Å². The number of amides is 1. The highest BCUT2D eigenvalue weighted by molar-refractivity contribution is 7.99. The minimum atomic E-state index is -0.600. The molecule has 4 aromatic rings. The first-order chi connectivity index (χ1) is 19.6. The molecule has 214 valence electrons. The topological polar surface area (TPSA) is 95.3 Å². The highest BCUT2D eigenvalue weighted by Crippen LogP contribution is 2.36. The number of hydrogen-bond donors (Lipinski definition) is 1. The number of nitrogens with zero attached hydrogens (tertiary/aromatic N) is 3. The molecule has 0 bridgehead atoms. The first kappa shape index (κ1) is 30.0. The molecule has 0 saturated heterocycles. The maximum absolute atomic E-state index is 13.4. The van der Waals surface area contributed by atoms with Crippen LogP contribution in [0.4, 0.5) is 9.39 Å². The summed E-state index contributed by atoms with van der Waals surface area (Å²) in [6, 6.07) is 13.7. The summed E-state index contributed by atoms with van der Waals surface area (Å²) < 4.78 is 26.1. The summed E-state index contributed by atoms with van der Waals surface area (Å²) in [5.74, 6) is 0.0202. The highest BCUT2D eigenvalue weighted by atomic mass is 32.2. The quantitative estimate of drug-likeness (QED) is 0.117. The number of halogens is 1. The molecule has 0 unspecified atom stereocenters. The number of anilines is 1. The fourth-order valence-electron chi connectivity index (χ4n) is 3.93. The summed E-state index contributed by atoms with van der Waals surface area (Å²) in [6.45, 7) is 10.9. The molecule has 2 aromatic heterocycles. The Hall–Kier alpha value is -3.96. The molecule has 41 heavy (non-hydrogen) atoms. The van der Waals surface area contributed by atoms with E-state index in [1.54, 1.807) is 23.6 Å². The van der Waals surface area contributed by atoms with Crippen molar-refractivity contribution in [2.45, 2.75) is 44.5 Å². The molecule has 1 amide bonds. The van der Waals surface area contributed by atoms with E-state index in [-0.39, 0.29) is 35.1 Å². The van der Waals surface area contributed by atoms with E-state index in [1.165, 1.54) is 47.9 Å². The van der Waals surface area contributed by atoms with Gasteiger partial charge in [0.15, 0.2) is 11.0 Å². The molecule has 2 aromatic carbocycles. The third-order valence-electron chi connectivity index (χ3n) is 6.11. The molecule has 0 aliphatic carbocycles. The van der Waals surface area contributed by atoms with Crippen molar-refractivity contribution in [3.8, 4) is 16.9 Å². The Balaban J connectivity index is 1.42. The van der Waals surface area contributed by atoms with Gasteiger partial charge in [0.1, 0.15) is 28.7 Å². The lowest BCUT2D eigenvalue weighted by Crippen LogP contribution is -2.16. The minimum absolute atomic E-state index is 0.0226. The molecule has 4 rings (SSSR count). The van der Waals surface area contributed by atoms with Gasteiger partial charge in [-0.2, -0.15) is 0 Å². The molecule has 0 aliphatic rings. The van der Waals surface area contributed by atoms with Gasteiger partial charge < -0.3 is 14.8 Å². The second kappa shape index (κ2) is 13.1. The van der Waals surface area contributed by atoms with Crippen LogP contribution in [0.25, 0.3) is 11.1 Å². The number of carbonyl (C=O) groups is 2. The van der Waals surface area contributed by atoms with E-state index < -0.39 is 5.97 Å². The van der Waals surface area contributed by atoms with Gasteiger partial charge in [0, 0.05) is 17.5 Å². The summed E-state index contributed by atoms with van der Waals surface area (Å²) in [6.07, 6.45) is 1.72. The largest absolute Gasteiger partial charge is 0.486 e. The van der Waals surface area contributed by atoms with Crippen molar-refractivity contribution >= 4 is 40.0 Å². The molecule has 0 fully saturated rings. The number of ether oxygens (including phenoxy) is 2. The highest BCUT2D eigenvalue weighted by Gasteiger charge is 2.23. The van der Waals surface area contributed by atoms with Gasteiger partial charge in [0.05, 0.1) is 12.9 Å². The van der Waals surface area contributed by atoms with Crippen molar-refractivity contribution in [2.24, 2.45) is 0 Å². The van der Waals surface area contributed by atoms with Gasteiger partial charge in [-0.1, -0.05) is 62.9 Å². The Bertz CT molecular complexity index is 1520. The van der Waals surface area contributed by atoms with Crippen LogP contribution in [0, 0.1) is 5.82 Å². The number of methoxy groups -OCH3 is 1. The SMILES string of the molecule is C=CCn1c(COc2ccc(C(C)(C)C)cc2)nnc1SCC(=O)Nc1scc(-c2ccc(F)cc2)c1C(=O)OC. The number of aromatic nitrogens is 3. The lowest BCUT2D eigenvalue weighted by molar-refractivity contribution is -0.113. The van der Waals surface area contributed by atoms with Crippen molar-refractivity contribution < 1.29 is 23.5 Å². The van der Waals surface area contributed by atoms with Crippen LogP contribution in [0.15, 0.2) is 71.7 Å². The fraction of sp³-hybridized carbons (Fsp3) is 0.267. The van der Waals surface area contributed by atoms with Crippen molar-refractivity contribution in [3.05, 3.63) is 89.3 Å². The third kappa shape index (κ3) is 7.42. The standard InChI is InChI=1S/C30H31FN4O4S2/c1-6-15-35-24(16-39-22-13-9-20(10-14-22)30(2,3)4)33-34-29(35)41-18-25(36)32-27-26(28(37)38-5)23(17-40-27)19-7-11-21(31)12-8-19/h6-14,17H,1,15-16,18H2,2-5H3,(H,32,36). The zero-order valence-electron chi connectivity index (χ0n) is 23.3. The summed E-state index contributed by atoms with van der Waals surface area (Å²) in [5, 5.41) is 13.9. The molecule has 11 heteroatoms. The lowest BCUT2D eigenvalue weighted by Gasteiger charge is -2.19. The normalized spacial score (nSPS) is 11.2. The first-order valence-corrected chi connectivity index (χ1v) is 14.6. The van der Waals surface area contributed by atoms with Gasteiger partial charge >= 0.3 is 5.97 Å². The Morgan fingerprint density at radius 3 is 2.46 bits per heavy atom. The van der Waals surface area contributed by atoms with E-state index in [0.29, 0.717) is 33.7 Å². The van der Waals surface area contributed by atoms with Gasteiger partial charge in [-0.3, -0.25) is 9.36 Å². The predicted molar refractivity (Wildman–Crippen MR) is 160 cm³/mol. The number of nitrogens with one attached hydrogen (secondary N) is 1. The summed E-state index contributed by atoms with van der Waals surface area (Å²) in [7, 11) is 1.27. The zero-order valence-corrected chi connectivity index (χ0v) is 24.9. The number of thiophene rings is 1. The van der Waals surface area contributed by atoms with E-state index in [9.17, 15) is 14.0 Å². The average Bonchev–Trinajstić information content (AvgIpc) is 3.54. The number of hydrogen-bond acceptors (Lipinski definition) is 8. The molecule has 1 N–H and O–H groups in total. The number of carbonyl (C=O) groups excluding carboxylic acids is 2. The minimum Gasteiger partial charge on any atom is -0.486 e. The Morgan fingerprint density at radius 1 is 1.12 bits per heavy atom. The second-order valence-corrected chi connectivity index (χ2v) is 11.9. The molecular formula is C30H31FN4O4S2. The maximum atomic E-state index is 13.4. The van der Waals surface area contributed by atoms with Crippen molar-refractivity contribution in [2.75, 3.05) is 18.2 Å². The van der Waals surface area contributed by atoms with Gasteiger partial charge in [-0.25, -0.2) is 9.18 Å². The van der Waals surface area contributed by atoms with E-state index in [1.807, 2.05) is 28.8 Å². The summed E-state index contributed by atoms with van der Waals surface area (Å²) in [5.41, 5.74) is 2.66. The lowest BCUT2D eigenvalue weighted by atomic mass is 9.87. The van der Waals surface area contributed by atoms with Crippen LogP contribution in [0.1, 0.15) is 42.5 Å². The van der Waals surface area contributed by atoms with Crippen molar-refractivity contribution in [1.29, 1.82) is 0 Å². The molecule has 0 saturated carbocycles. The van der Waals surface area contributed by atoms with Crippen LogP contribution in [-0.4, -0.2) is 39.5 Å². The zero-order chi connectivity index (χ0) is 29.6. The second-order valence-electron chi connectivity index (χ2n) is 10.0. The Labute approximate surface area is 246 Å². The van der Waals surface area contributed by atoms with Crippen LogP contribution < -0.4 is 10.1 Å². The molecule has 0 atom stereocenters. The van der Waals surface area contributed by atoms with Gasteiger partial charge in [-0.15, -0.1) is 28.1 Å². The number of esters is 1. The van der Waals surface area contributed by atoms with Crippen molar-refractivity contribution in [3.63, 3.8) is 0 Å². The number of rotatable bonds is 11. The summed E-state index contributed by atoms with van der Waals surface area (Å²) >= 11 is 2.40. The molecule has 0 radical (unpaired) electrons. The van der Waals surface area contributed by atoms with E-state index in [0.717, 1.165) is 5.75 Å². The number of benzene rings is 2. The predicted octanol–water partition coefficient (Wildman–Crippen LogP) is 6.73. The Morgan fingerprint density at radius 2 is 1.83 bits per heavy atom. The average molecular weight is 595 g/mol. The molecule has 8 nitrogen and oxygen atoms in total. The van der Waals surface area contributed by atoms with Crippen LogP contribution in [-0.2, 0) is 28.1 Å². The van der Waals surface area contributed by atoms with Crippen LogP contribution in [0.3, 0.4) is 0 Å². The van der Waals surface area contributed by atoms with Crippen molar-refractivity contribution in [1.82, 2.24) is 14.8 Å². The van der Waals surface area contributed by atoms with Gasteiger partial charge in [0.2, 0.25) is 5.91 Å². The first-order valence-electron chi connectivity index (χ1n) is 12.8. The van der Waals surface area contributed by atoms with E-state index >= 15 is 0 Å². The third-order valence-corrected chi connectivity index (χ3v) is 7.98. The van der Waals surface area contributed by atoms with Crippen LogP contribution >= 0.6 is 23.1 Å². The van der Waals surface area contributed by atoms with E-state index in [4.69, 9.17) is 9.47 Å². The molecule has 0 aliphatic heterocycles. The number of thioether (sulfide) groups is 1. The van der Waals surface area contributed by atoms with Gasteiger partial charge in [0.25, 0.3) is 0 Å². The fourth-order valence-corrected chi connectivity index (χ4v) is 5.67. The van der Waals surface area contributed by atoms with E-state index in [2.05, 4.69) is 42.9 Å². The smallest absolute Gasteiger partial charge is 0.341 e.